The number of nitrogens with two attached hydrogens (primary N) is 1. The van der Waals surface area contributed by atoms with E-state index >= 15 is 0 Å². The van der Waals surface area contributed by atoms with Crippen LogP contribution in [0.5, 0.6) is 5.75 Å². The fourth-order valence-corrected chi connectivity index (χ4v) is 5.75. The van der Waals surface area contributed by atoms with Crippen molar-refractivity contribution >= 4 is 48.9 Å². The van der Waals surface area contributed by atoms with Gasteiger partial charge in [0.05, 0.1) is 22.9 Å². The van der Waals surface area contributed by atoms with E-state index in [9.17, 15) is 4.79 Å². The Labute approximate surface area is 166 Å². The first kappa shape index (κ1) is 18.2. The van der Waals surface area contributed by atoms with Crippen molar-refractivity contribution in [3.05, 3.63) is 34.2 Å². The highest BCUT2D eigenvalue weighted by Crippen LogP contribution is 2.40. The highest BCUT2D eigenvalue weighted by atomic mass is 32.1. The molecule has 2 aromatic heterocycles. The fraction of sp³-hybridized carbons (Fsp3) is 0.368. The number of hydrogen-bond donors (Lipinski definition) is 2. The molecule has 0 aliphatic carbocycles. The van der Waals surface area contributed by atoms with E-state index in [1.807, 2.05) is 18.2 Å². The van der Waals surface area contributed by atoms with Crippen molar-refractivity contribution in [3.8, 4) is 5.75 Å². The molecule has 0 spiro atoms. The van der Waals surface area contributed by atoms with Crippen LogP contribution in [0.1, 0.15) is 34.1 Å². The third-order valence-corrected chi connectivity index (χ3v) is 6.80. The molecule has 3 N–H and O–H groups in total. The molecule has 0 radical (unpaired) electrons. The molecule has 0 bridgehead atoms. The number of ether oxygens (including phenoxy) is 1. The first-order valence-electron chi connectivity index (χ1n) is 8.97. The number of methoxy groups -OCH3 is 1. The van der Waals surface area contributed by atoms with Gasteiger partial charge in [-0.15, -0.1) is 11.3 Å². The third-order valence-electron chi connectivity index (χ3n) is 4.74. The molecule has 1 amide bonds. The lowest BCUT2D eigenvalue weighted by atomic mass is 10.0. The molecule has 1 aliphatic heterocycles. The van der Waals surface area contributed by atoms with E-state index in [2.05, 4.69) is 22.1 Å². The number of aromatic nitrogens is 1. The molecule has 3 heterocycles. The predicted molar refractivity (Wildman–Crippen MR) is 112 cm³/mol. The van der Waals surface area contributed by atoms with Crippen molar-refractivity contribution < 1.29 is 9.53 Å². The van der Waals surface area contributed by atoms with Crippen LogP contribution in [-0.4, -0.2) is 36.0 Å². The molecule has 142 valence electrons. The topological polar surface area (TPSA) is 80.5 Å². The van der Waals surface area contributed by atoms with Crippen LogP contribution in [0.15, 0.2) is 18.2 Å². The molecule has 0 atom stereocenters. The molecular formula is C19H22N4O2S2. The summed E-state index contributed by atoms with van der Waals surface area (Å²) in [5.74, 6) is 0.430. The fourth-order valence-electron chi connectivity index (χ4n) is 3.49. The Morgan fingerprint density at radius 3 is 3.00 bits per heavy atom. The van der Waals surface area contributed by atoms with Crippen LogP contribution in [0.25, 0.3) is 10.2 Å². The SMILES string of the molecule is CCCN1CCc2c(sc(Nc3nc4ccc(OC)cc4s3)c2C(N)=O)C1. The summed E-state index contributed by atoms with van der Waals surface area (Å²) in [4.78, 5) is 20.4. The third kappa shape index (κ3) is 3.52. The molecule has 4 rings (SSSR count). The summed E-state index contributed by atoms with van der Waals surface area (Å²) in [5.41, 5.74) is 8.36. The maximum Gasteiger partial charge on any atom is 0.251 e. The average Bonchev–Trinajstić information content (AvgIpc) is 3.21. The number of carbonyl (C=O) groups is 1. The summed E-state index contributed by atoms with van der Waals surface area (Å²) in [5, 5.41) is 4.91. The quantitative estimate of drug-likeness (QED) is 0.652. The van der Waals surface area contributed by atoms with Crippen molar-refractivity contribution in [1.82, 2.24) is 9.88 Å². The van der Waals surface area contributed by atoms with Crippen LogP contribution in [0.4, 0.5) is 10.1 Å². The Kier molecular flexibility index (Phi) is 5.03. The molecule has 8 heteroatoms. The molecule has 0 fully saturated rings. The van der Waals surface area contributed by atoms with E-state index in [1.165, 1.54) is 16.2 Å². The normalized spacial score (nSPS) is 14.3. The molecule has 0 saturated carbocycles. The van der Waals surface area contributed by atoms with Crippen LogP contribution in [-0.2, 0) is 13.0 Å². The number of thiophene rings is 1. The van der Waals surface area contributed by atoms with Crippen LogP contribution in [0.3, 0.4) is 0 Å². The van der Waals surface area contributed by atoms with Crippen LogP contribution < -0.4 is 15.8 Å². The number of anilines is 2. The molecule has 3 aromatic rings. The molecular weight excluding hydrogens is 380 g/mol. The van der Waals surface area contributed by atoms with Crippen LogP contribution >= 0.6 is 22.7 Å². The van der Waals surface area contributed by atoms with Gasteiger partial charge in [0.15, 0.2) is 5.13 Å². The number of hydrogen-bond acceptors (Lipinski definition) is 7. The Morgan fingerprint density at radius 2 is 2.26 bits per heavy atom. The highest BCUT2D eigenvalue weighted by molar-refractivity contribution is 7.23. The van der Waals surface area contributed by atoms with E-state index in [1.54, 1.807) is 18.4 Å². The van der Waals surface area contributed by atoms with E-state index < -0.39 is 0 Å². The number of nitrogens with zero attached hydrogens (tertiary/aromatic N) is 2. The highest BCUT2D eigenvalue weighted by Gasteiger charge is 2.27. The van der Waals surface area contributed by atoms with Gasteiger partial charge in [0.2, 0.25) is 0 Å². The molecule has 6 nitrogen and oxygen atoms in total. The largest absolute Gasteiger partial charge is 0.497 e. The van der Waals surface area contributed by atoms with Crippen molar-refractivity contribution in [1.29, 1.82) is 0 Å². The number of benzene rings is 1. The Hall–Kier alpha value is -2.16. The number of rotatable bonds is 6. The number of carbonyl (C=O) groups excluding carboxylic acids is 1. The number of primary amides is 1. The second-order valence-corrected chi connectivity index (χ2v) is 8.71. The van der Waals surface area contributed by atoms with Crippen LogP contribution in [0.2, 0.25) is 0 Å². The van der Waals surface area contributed by atoms with Crippen molar-refractivity contribution in [2.24, 2.45) is 5.73 Å². The number of nitrogens with one attached hydrogen (secondary N) is 1. The molecule has 0 unspecified atom stereocenters. The molecule has 1 aliphatic rings. The lowest BCUT2D eigenvalue weighted by Gasteiger charge is -2.26. The second kappa shape index (κ2) is 7.46. The number of fused-ring (bicyclic) bond motifs is 2. The van der Waals surface area contributed by atoms with Gasteiger partial charge in [-0.2, -0.15) is 0 Å². The summed E-state index contributed by atoms with van der Waals surface area (Å²) in [6, 6.07) is 5.80. The summed E-state index contributed by atoms with van der Waals surface area (Å²) in [7, 11) is 1.65. The smallest absolute Gasteiger partial charge is 0.251 e. The minimum atomic E-state index is -0.373. The van der Waals surface area contributed by atoms with E-state index in [0.29, 0.717) is 5.56 Å². The lowest BCUT2D eigenvalue weighted by Crippen LogP contribution is -2.31. The number of amides is 1. The van der Waals surface area contributed by atoms with Crippen molar-refractivity contribution in [2.75, 3.05) is 25.5 Å². The monoisotopic (exact) mass is 402 g/mol. The van der Waals surface area contributed by atoms with E-state index in [0.717, 1.165) is 64.1 Å². The Bertz CT molecular complexity index is 995. The first-order valence-corrected chi connectivity index (χ1v) is 10.6. The van der Waals surface area contributed by atoms with Gasteiger partial charge in [-0.25, -0.2) is 4.98 Å². The summed E-state index contributed by atoms with van der Waals surface area (Å²) >= 11 is 3.16. The molecule has 27 heavy (non-hydrogen) atoms. The average molecular weight is 403 g/mol. The number of thiazole rings is 1. The lowest BCUT2D eigenvalue weighted by molar-refractivity contribution is 0.1000. The van der Waals surface area contributed by atoms with E-state index in [-0.39, 0.29) is 5.91 Å². The Balaban J connectivity index is 1.66. The predicted octanol–water partition coefficient (Wildman–Crippen LogP) is 3.98. The van der Waals surface area contributed by atoms with Gasteiger partial charge < -0.3 is 15.8 Å². The second-order valence-electron chi connectivity index (χ2n) is 6.58. The van der Waals surface area contributed by atoms with Gasteiger partial charge in [0.1, 0.15) is 10.8 Å². The van der Waals surface area contributed by atoms with Crippen molar-refractivity contribution in [3.63, 3.8) is 0 Å². The van der Waals surface area contributed by atoms with Gasteiger partial charge in [0, 0.05) is 18.0 Å². The standard InChI is InChI=1S/C19H22N4O2S2/c1-3-7-23-8-6-12-15(10-23)26-18(16(12)17(20)24)22-19-21-13-5-4-11(25-2)9-14(13)27-19/h4-5,9H,3,6-8,10H2,1-2H3,(H2,20,24)(H,21,22). The van der Waals surface area contributed by atoms with Gasteiger partial charge in [-0.3, -0.25) is 9.69 Å². The molecule has 0 saturated heterocycles. The maximum absolute atomic E-state index is 12.1. The van der Waals surface area contributed by atoms with Gasteiger partial charge in [-0.1, -0.05) is 18.3 Å². The summed E-state index contributed by atoms with van der Waals surface area (Å²) in [6.07, 6.45) is 1.99. The van der Waals surface area contributed by atoms with Gasteiger partial charge in [-0.05, 0) is 43.1 Å². The molecule has 1 aromatic carbocycles. The maximum atomic E-state index is 12.1. The Morgan fingerprint density at radius 1 is 1.41 bits per heavy atom. The summed E-state index contributed by atoms with van der Waals surface area (Å²) in [6.45, 7) is 5.12. The van der Waals surface area contributed by atoms with Crippen molar-refractivity contribution in [2.45, 2.75) is 26.3 Å². The minimum Gasteiger partial charge on any atom is -0.497 e. The first-order chi connectivity index (χ1) is 13.1. The zero-order valence-electron chi connectivity index (χ0n) is 15.4. The summed E-state index contributed by atoms with van der Waals surface area (Å²) < 4.78 is 6.32. The van der Waals surface area contributed by atoms with Gasteiger partial charge >= 0.3 is 0 Å². The van der Waals surface area contributed by atoms with E-state index in [4.69, 9.17) is 10.5 Å². The van der Waals surface area contributed by atoms with Crippen LogP contribution in [0, 0.1) is 0 Å². The zero-order valence-corrected chi connectivity index (χ0v) is 17.0. The zero-order chi connectivity index (χ0) is 19.0. The minimum absolute atomic E-state index is 0.373. The van der Waals surface area contributed by atoms with Gasteiger partial charge in [0.25, 0.3) is 5.91 Å².